The molecule has 0 spiro atoms. The van der Waals surface area contributed by atoms with E-state index in [1.807, 2.05) is 0 Å². The number of nitrogens with two attached hydrogens (primary N) is 1. The largest absolute Gasteiger partial charge is 1.00 e. The van der Waals surface area contributed by atoms with Crippen LogP contribution in [0.4, 0.5) is 0 Å². The molecule has 0 bridgehead atoms. The van der Waals surface area contributed by atoms with E-state index < -0.39 is 29.8 Å². The van der Waals surface area contributed by atoms with Crippen molar-refractivity contribution < 1.29 is 54.2 Å². The van der Waals surface area contributed by atoms with Crippen molar-refractivity contribution in [3.05, 3.63) is 22.1 Å². The molecule has 9 heteroatoms. The Morgan fingerprint density at radius 1 is 1.57 bits per heavy atom. The summed E-state index contributed by atoms with van der Waals surface area (Å²) in [4.78, 5) is 35.2. The number of aliphatic carboxylic acids is 1. The zero-order valence-electron chi connectivity index (χ0n) is 11.6. The van der Waals surface area contributed by atoms with Crippen LogP contribution in [-0.4, -0.2) is 39.9 Å². The van der Waals surface area contributed by atoms with Gasteiger partial charge in [0.25, 0.3) is 0 Å². The van der Waals surface area contributed by atoms with Gasteiger partial charge in [-0.25, -0.2) is 0 Å². The zero-order valence-corrected chi connectivity index (χ0v) is 14.4. The van der Waals surface area contributed by atoms with Gasteiger partial charge in [-0.2, -0.15) is 0 Å². The summed E-state index contributed by atoms with van der Waals surface area (Å²) in [6.07, 6.45) is 0.587. The van der Waals surface area contributed by atoms with E-state index in [1.165, 1.54) is 12.3 Å². The van der Waals surface area contributed by atoms with Gasteiger partial charge >= 0.3 is 29.6 Å². The summed E-state index contributed by atoms with van der Waals surface area (Å²) in [5.74, 6) is -3.10. The summed E-state index contributed by atoms with van der Waals surface area (Å²) in [7, 11) is 0. The second-order valence-electron chi connectivity index (χ2n) is 4.63. The third-order valence-electron chi connectivity index (χ3n) is 3.32. The van der Waals surface area contributed by atoms with Crippen molar-refractivity contribution in [1.29, 1.82) is 0 Å². The van der Waals surface area contributed by atoms with Crippen LogP contribution in [-0.2, 0) is 14.4 Å². The van der Waals surface area contributed by atoms with E-state index in [0.29, 0.717) is 11.3 Å². The Labute approximate surface area is 147 Å². The number of carbonyl (C=O) groups is 3. The number of thioether (sulfide) groups is 1. The topological polar surface area (TPSA) is 124 Å². The van der Waals surface area contributed by atoms with Crippen molar-refractivity contribution in [2.24, 2.45) is 11.7 Å². The van der Waals surface area contributed by atoms with E-state index in [-0.39, 0.29) is 41.3 Å². The van der Waals surface area contributed by atoms with E-state index in [9.17, 15) is 24.6 Å². The van der Waals surface area contributed by atoms with Crippen molar-refractivity contribution in [2.45, 2.75) is 25.5 Å². The Morgan fingerprint density at radius 2 is 2.19 bits per heavy atom. The molecule has 0 aliphatic carbocycles. The molecule has 108 valence electrons. The molecule has 3 unspecified atom stereocenters. The fourth-order valence-electron chi connectivity index (χ4n) is 2.51. The Morgan fingerprint density at radius 3 is 2.67 bits per heavy atom. The molecule has 0 aromatic heterocycles. The van der Waals surface area contributed by atoms with Crippen LogP contribution < -0.4 is 40.4 Å². The van der Waals surface area contributed by atoms with Crippen LogP contribution in [0, 0.1) is 5.92 Å². The SMILES string of the molecule is CC(O)C1C(=O)N2C(C(=O)[O-])=C(SC=CC(N)=O)CC12.[Na+]. The van der Waals surface area contributed by atoms with Crippen LogP contribution in [0.25, 0.3) is 0 Å². The number of rotatable bonds is 5. The number of primary amides is 1. The molecule has 7 nitrogen and oxygen atoms in total. The third-order valence-corrected chi connectivity index (χ3v) is 4.24. The number of carboxylic acids is 1. The smallest absolute Gasteiger partial charge is 0.543 e. The summed E-state index contributed by atoms with van der Waals surface area (Å²) in [5.41, 5.74) is 4.76. The zero-order chi connectivity index (χ0) is 15.0. The summed E-state index contributed by atoms with van der Waals surface area (Å²) < 4.78 is 0. The van der Waals surface area contributed by atoms with Crippen LogP contribution in [0.3, 0.4) is 0 Å². The molecule has 2 amide bonds. The van der Waals surface area contributed by atoms with Gasteiger partial charge in [-0.3, -0.25) is 9.59 Å². The molecule has 1 saturated heterocycles. The first-order valence-electron chi connectivity index (χ1n) is 5.93. The molecule has 2 aliphatic rings. The van der Waals surface area contributed by atoms with Crippen molar-refractivity contribution in [1.82, 2.24) is 4.90 Å². The maximum Gasteiger partial charge on any atom is 1.00 e. The van der Waals surface area contributed by atoms with Gasteiger partial charge in [0.1, 0.15) is 0 Å². The van der Waals surface area contributed by atoms with Gasteiger partial charge < -0.3 is 25.6 Å². The van der Waals surface area contributed by atoms with E-state index in [4.69, 9.17) is 5.73 Å². The molecule has 2 aliphatic heterocycles. The van der Waals surface area contributed by atoms with Gasteiger partial charge in [-0.05, 0) is 12.3 Å². The van der Waals surface area contributed by atoms with Crippen LogP contribution in [0.5, 0.6) is 0 Å². The minimum Gasteiger partial charge on any atom is -0.543 e. The van der Waals surface area contributed by atoms with Gasteiger partial charge in [0.05, 0.1) is 29.7 Å². The van der Waals surface area contributed by atoms with E-state index in [1.54, 1.807) is 0 Å². The summed E-state index contributed by atoms with van der Waals surface area (Å²) in [6, 6.07) is -0.361. The predicted molar refractivity (Wildman–Crippen MR) is 68.4 cm³/mol. The normalized spacial score (nSPS) is 25.4. The average Bonchev–Trinajstić information content (AvgIpc) is 2.63. The number of aliphatic hydroxyl groups excluding tert-OH is 1. The van der Waals surface area contributed by atoms with Crippen LogP contribution in [0.15, 0.2) is 22.1 Å². The van der Waals surface area contributed by atoms with Gasteiger partial charge in [0.2, 0.25) is 11.8 Å². The first kappa shape index (κ1) is 18.2. The fraction of sp³-hybridized carbons (Fsp3) is 0.417. The Balaban J connectivity index is 0.00000220. The molecule has 2 heterocycles. The summed E-state index contributed by atoms with van der Waals surface area (Å²) in [6.45, 7) is 1.50. The molecule has 1 fully saturated rings. The van der Waals surface area contributed by atoms with E-state index in [2.05, 4.69) is 0 Å². The number of amides is 2. The first-order valence-corrected chi connectivity index (χ1v) is 6.80. The second-order valence-corrected chi connectivity index (χ2v) is 5.63. The quantitative estimate of drug-likeness (QED) is 0.298. The summed E-state index contributed by atoms with van der Waals surface area (Å²) >= 11 is 1.01. The summed E-state index contributed by atoms with van der Waals surface area (Å²) in [5, 5.41) is 22.1. The number of hydrogen-bond donors (Lipinski definition) is 2. The molecular weight excluding hydrogens is 307 g/mol. The number of β-lactam (4-membered cyclic amide) rings is 1. The minimum atomic E-state index is -1.44. The number of hydrogen-bond acceptors (Lipinski definition) is 6. The maximum atomic E-state index is 11.9. The molecule has 0 aromatic carbocycles. The number of fused-ring (bicyclic) bond motifs is 1. The second kappa shape index (κ2) is 6.97. The monoisotopic (exact) mass is 320 g/mol. The van der Waals surface area contributed by atoms with Crippen LogP contribution in [0.2, 0.25) is 0 Å². The van der Waals surface area contributed by atoms with Gasteiger partial charge in [-0.1, -0.05) is 0 Å². The standard InChI is InChI=1S/C12H14N2O5S.Na/c1-5(15)9-6-4-7(20-3-2-8(13)16)10(12(18)19)14(6)11(9)17;/h2-3,5-6,9,15H,4H2,1H3,(H2,13,16)(H,18,19);/q;+1/p-1. The van der Waals surface area contributed by atoms with Gasteiger partial charge in [0, 0.05) is 17.4 Å². The molecule has 21 heavy (non-hydrogen) atoms. The van der Waals surface area contributed by atoms with Crippen molar-refractivity contribution in [3.8, 4) is 0 Å². The third kappa shape index (κ3) is 3.35. The van der Waals surface area contributed by atoms with Gasteiger partial charge in [0.15, 0.2) is 0 Å². The maximum absolute atomic E-state index is 11.9. The molecule has 0 saturated carbocycles. The number of carbonyl (C=O) groups excluding carboxylic acids is 3. The van der Waals surface area contributed by atoms with Crippen molar-refractivity contribution in [2.75, 3.05) is 0 Å². The fourth-order valence-corrected chi connectivity index (χ4v) is 3.44. The average molecular weight is 320 g/mol. The molecule has 3 N–H and O–H groups in total. The van der Waals surface area contributed by atoms with E-state index in [0.717, 1.165) is 22.7 Å². The minimum absolute atomic E-state index is 0. The predicted octanol–water partition coefficient (Wildman–Crippen LogP) is -4.70. The van der Waals surface area contributed by atoms with E-state index >= 15 is 0 Å². The Bertz CT molecular complexity index is 546. The first-order chi connectivity index (χ1) is 9.34. The number of nitrogens with zero attached hydrogens (tertiary/aromatic N) is 1. The van der Waals surface area contributed by atoms with Gasteiger partial charge in [-0.15, -0.1) is 11.8 Å². The van der Waals surface area contributed by atoms with Crippen molar-refractivity contribution >= 4 is 29.5 Å². The van der Waals surface area contributed by atoms with Crippen molar-refractivity contribution in [3.63, 3.8) is 0 Å². The molecular formula is C12H13N2NaO5S. The van der Waals surface area contributed by atoms with Crippen LogP contribution >= 0.6 is 11.8 Å². The Hall–Kier alpha value is -0.800. The Kier molecular flexibility index (Phi) is 6.06. The molecule has 2 rings (SSSR count). The number of carboxylic acid groups (broad SMARTS) is 1. The van der Waals surface area contributed by atoms with Crippen LogP contribution in [0.1, 0.15) is 13.3 Å². The number of aliphatic hydroxyl groups is 1. The molecule has 0 radical (unpaired) electrons. The molecule has 0 aromatic rings. The molecule has 3 atom stereocenters.